The lowest BCUT2D eigenvalue weighted by Gasteiger charge is -2.24. The Hall–Kier alpha value is -1.86. The molecule has 20 heavy (non-hydrogen) atoms. The average Bonchev–Trinajstić information content (AvgIpc) is 2.53. The minimum Gasteiger partial charge on any atom is -0.396 e. The van der Waals surface area contributed by atoms with E-state index in [1.807, 2.05) is 0 Å². The van der Waals surface area contributed by atoms with E-state index >= 15 is 0 Å². The molecule has 1 nitrogen and oxygen atoms in total. The Bertz CT molecular complexity index is 788. The third-order valence-electron chi connectivity index (χ3n) is 4.71. The van der Waals surface area contributed by atoms with Crippen LogP contribution in [0.4, 0.5) is 0 Å². The van der Waals surface area contributed by atoms with Crippen molar-refractivity contribution in [2.45, 2.75) is 19.3 Å². The molecule has 1 heteroatoms. The topological polar surface area (TPSA) is 20.2 Å². The average molecular weight is 262 g/mol. The van der Waals surface area contributed by atoms with Gasteiger partial charge in [0.05, 0.1) is 0 Å². The second kappa shape index (κ2) is 4.60. The first kappa shape index (κ1) is 11.9. The van der Waals surface area contributed by atoms with E-state index < -0.39 is 0 Å². The molecule has 3 aromatic carbocycles. The number of hydrogen-bond acceptors (Lipinski definition) is 1. The zero-order chi connectivity index (χ0) is 13.5. The predicted octanol–water partition coefficient (Wildman–Crippen LogP) is 4.09. The molecule has 4 rings (SSSR count). The summed E-state index contributed by atoms with van der Waals surface area (Å²) in [7, 11) is 0. The van der Waals surface area contributed by atoms with E-state index in [1.165, 1.54) is 32.7 Å². The highest BCUT2D eigenvalue weighted by atomic mass is 16.3. The zero-order valence-electron chi connectivity index (χ0n) is 11.5. The molecular weight excluding hydrogens is 244 g/mol. The van der Waals surface area contributed by atoms with Gasteiger partial charge in [-0.05, 0) is 57.9 Å². The highest BCUT2D eigenvalue weighted by Crippen LogP contribution is 2.34. The summed E-state index contributed by atoms with van der Waals surface area (Å²) in [5.41, 5.74) is 2.93. The smallest absolute Gasteiger partial charge is 0.0462 e. The van der Waals surface area contributed by atoms with Crippen molar-refractivity contribution in [3.05, 3.63) is 59.7 Å². The fourth-order valence-corrected chi connectivity index (χ4v) is 3.58. The molecule has 1 aliphatic rings. The van der Waals surface area contributed by atoms with Gasteiger partial charge in [-0.15, -0.1) is 0 Å². The Morgan fingerprint density at radius 1 is 0.900 bits per heavy atom. The number of aliphatic hydroxyl groups excluding tert-OH is 1. The lowest BCUT2D eigenvalue weighted by molar-refractivity contribution is 0.214. The second-order valence-electron chi connectivity index (χ2n) is 5.88. The summed E-state index contributed by atoms with van der Waals surface area (Å²) in [5.74, 6) is 0.430. The number of rotatable bonds is 1. The molecule has 1 aliphatic carbocycles. The van der Waals surface area contributed by atoms with Crippen LogP contribution < -0.4 is 0 Å². The second-order valence-corrected chi connectivity index (χ2v) is 5.88. The van der Waals surface area contributed by atoms with Crippen molar-refractivity contribution < 1.29 is 5.11 Å². The predicted molar refractivity (Wildman–Crippen MR) is 84.1 cm³/mol. The van der Waals surface area contributed by atoms with Crippen molar-refractivity contribution in [3.8, 4) is 0 Å². The summed E-state index contributed by atoms with van der Waals surface area (Å²) in [6, 6.07) is 17.6. The van der Waals surface area contributed by atoms with E-state index in [4.69, 9.17) is 0 Å². The van der Waals surface area contributed by atoms with Crippen LogP contribution >= 0.6 is 0 Å². The Kier molecular flexibility index (Phi) is 2.75. The fourth-order valence-electron chi connectivity index (χ4n) is 3.58. The van der Waals surface area contributed by atoms with Crippen molar-refractivity contribution >= 4 is 21.5 Å². The summed E-state index contributed by atoms with van der Waals surface area (Å²) >= 11 is 0. The molecule has 1 unspecified atom stereocenters. The molecule has 0 bridgehead atoms. The van der Waals surface area contributed by atoms with Crippen LogP contribution in [0.2, 0.25) is 0 Å². The highest BCUT2D eigenvalue weighted by Gasteiger charge is 2.20. The minimum absolute atomic E-state index is 0.309. The Morgan fingerprint density at radius 2 is 1.75 bits per heavy atom. The molecule has 0 radical (unpaired) electrons. The Balaban J connectivity index is 2.02. The van der Waals surface area contributed by atoms with E-state index in [0.717, 1.165) is 19.3 Å². The first-order chi connectivity index (χ1) is 9.86. The van der Waals surface area contributed by atoms with Gasteiger partial charge in [0.25, 0.3) is 0 Å². The SMILES string of the molecule is OCC1CCc2ccc3c(ccc4ccccc43)c2C1. The first-order valence-electron chi connectivity index (χ1n) is 7.40. The van der Waals surface area contributed by atoms with Crippen LogP contribution in [0.15, 0.2) is 48.5 Å². The van der Waals surface area contributed by atoms with Crippen molar-refractivity contribution in [2.75, 3.05) is 6.61 Å². The third-order valence-corrected chi connectivity index (χ3v) is 4.71. The monoisotopic (exact) mass is 262 g/mol. The maximum atomic E-state index is 9.46. The number of fused-ring (bicyclic) bond motifs is 5. The van der Waals surface area contributed by atoms with Gasteiger partial charge in [0.15, 0.2) is 0 Å². The van der Waals surface area contributed by atoms with Crippen LogP contribution in [-0.4, -0.2) is 11.7 Å². The van der Waals surface area contributed by atoms with Gasteiger partial charge < -0.3 is 5.11 Å². The minimum atomic E-state index is 0.309. The van der Waals surface area contributed by atoms with E-state index in [9.17, 15) is 5.11 Å². The van der Waals surface area contributed by atoms with Crippen molar-refractivity contribution in [1.82, 2.24) is 0 Å². The molecule has 1 N–H and O–H groups in total. The fraction of sp³-hybridized carbons (Fsp3) is 0.263. The van der Waals surface area contributed by atoms with Gasteiger partial charge in [-0.2, -0.15) is 0 Å². The van der Waals surface area contributed by atoms with E-state index in [-0.39, 0.29) is 0 Å². The summed E-state index contributed by atoms with van der Waals surface area (Å²) in [4.78, 5) is 0. The van der Waals surface area contributed by atoms with Crippen LogP contribution in [0, 0.1) is 5.92 Å². The summed E-state index contributed by atoms with van der Waals surface area (Å²) in [6.45, 7) is 0.309. The van der Waals surface area contributed by atoms with E-state index in [2.05, 4.69) is 48.5 Å². The normalized spacial score (nSPS) is 18.4. The number of benzene rings is 3. The molecule has 0 spiro atoms. The highest BCUT2D eigenvalue weighted by molar-refractivity contribution is 6.08. The van der Waals surface area contributed by atoms with Crippen molar-refractivity contribution in [3.63, 3.8) is 0 Å². The van der Waals surface area contributed by atoms with Crippen LogP contribution in [0.25, 0.3) is 21.5 Å². The van der Waals surface area contributed by atoms with E-state index in [1.54, 1.807) is 0 Å². The van der Waals surface area contributed by atoms with Crippen molar-refractivity contribution in [1.29, 1.82) is 0 Å². The summed E-state index contributed by atoms with van der Waals surface area (Å²) < 4.78 is 0. The quantitative estimate of drug-likeness (QED) is 0.655. The lowest BCUT2D eigenvalue weighted by Crippen LogP contribution is -2.17. The van der Waals surface area contributed by atoms with Gasteiger partial charge in [-0.1, -0.05) is 48.5 Å². The molecule has 100 valence electrons. The zero-order valence-corrected chi connectivity index (χ0v) is 11.5. The molecule has 0 heterocycles. The number of aliphatic hydroxyl groups is 1. The van der Waals surface area contributed by atoms with Crippen LogP contribution in [-0.2, 0) is 12.8 Å². The van der Waals surface area contributed by atoms with Crippen molar-refractivity contribution in [2.24, 2.45) is 5.92 Å². The molecule has 0 saturated carbocycles. The molecule has 0 saturated heterocycles. The molecule has 0 aromatic heterocycles. The molecule has 3 aromatic rings. The number of hydrogen-bond donors (Lipinski definition) is 1. The largest absolute Gasteiger partial charge is 0.396 e. The Labute approximate surface area is 118 Å². The molecule has 0 fully saturated rings. The van der Waals surface area contributed by atoms with Crippen LogP contribution in [0.3, 0.4) is 0 Å². The van der Waals surface area contributed by atoms with Gasteiger partial charge in [-0.3, -0.25) is 0 Å². The van der Waals surface area contributed by atoms with Gasteiger partial charge in [0.1, 0.15) is 0 Å². The maximum absolute atomic E-state index is 9.46. The number of aryl methyl sites for hydroxylation is 1. The van der Waals surface area contributed by atoms with Gasteiger partial charge in [0.2, 0.25) is 0 Å². The molecule has 0 aliphatic heterocycles. The lowest BCUT2D eigenvalue weighted by atomic mass is 9.81. The first-order valence-corrected chi connectivity index (χ1v) is 7.40. The molecular formula is C19H18O. The summed E-state index contributed by atoms with van der Waals surface area (Å²) in [5, 5.41) is 14.8. The Morgan fingerprint density at radius 3 is 2.65 bits per heavy atom. The van der Waals surface area contributed by atoms with Gasteiger partial charge in [-0.25, -0.2) is 0 Å². The van der Waals surface area contributed by atoms with Crippen LogP contribution in [0.5, 0.6) is 0 Å². The third kappa shape index (κ3) is 1.74. The van der Waals surface area contributed by atoms with E-state index in [0.29, 0.717) is 12.5 Å². The van der Waals surface area contributed by atoms with Crippen LogP contribution in [0.1, 0.15) is 17.5 Å². The molecule has 0 amide bonds. The van der Waals surface area contributed by atoms with Gasteiger partial charge >= 0.3 is 0 Å². The summed E-state index contributed by atoms with van der Waals surface area (Å²) in [6.07, 6.45) is 3.23. The maximum Gasteiger partial charge on any atom is 0.0462 e. The standard InChI is InChI=1S/C19H18O/c20-12-13-5-6-15-8-9-17-16-4-2-1-3-14(16)7-10-18(17)19(15)11-13/h1-4,7-10,13,20H,5-6,11-12H2. The van der Waals surface area contributed by atoms with Gasteiger partial charge in [0, 0.05) is 6.61 Å². The molecule has 1 atom stereocenters.